The summed E-state index contributed by atoms with van der Waals surface area (Å²) in [6, 6.07) is -3.49. The molecule has 1 aliphatic heterocycles. The van der Waals surface area contributed by atoms with Crippen molar-refractivity contribution >= 4 is 16.9 Å². The molecule has 33 heavy (non-hydrogen) atoms. The molecule has 3 atom stereocenters. The molecule has 182 valence electrons. The van der Waals surface area contributed by atoms with Gasteiger partial charge in [0.25, 0.3) is 0 Å². The van der Waals surface area contributed by atoms with Crippen LogP contribution in [0.1, 0.15) is 23.5 Å². The van der Waals surface area contributed by atoms with Crippen molar-refractivity contribution in [2.75, 3.05) is 20.1 Å². The van der Waals surface area contributed by atoms with Gasteiger partial charge in [-0.2, -0.15) is 35.1 Å². The summed E-state index contributed by atoms with van der Waals surface area (Å²) in [5, 5.41) is 2.98. The average molecular weight is 484 g/mol. The van der Waals surface area contributed by atoms with Crippen LogP contribution in [-0.4, -0.2) is 71.4 Å². The number of aromatic amines is 1. The van der Waals surface area contributed by atoms with Crippen molar-refractivity contribution in [3.8, 4) is 0 Å². The minimum Gasteiger partial charge on any atom is -0.361 e. The number of urea groups is 1. The van der Waals surface area contributed by atoms with Crippen molar-refractivity contribution in [2.24, 2.45) is 0 Å². The number of nitrogens with zero attached hydrogens (tertiary/aromatic N) is 2. The quantitative estimate of drug-likeness (QED) is 0.494. The zero-order valence-corrected chi connectivity index (χ0v) is 17.2. The van der Waals surface area contributed by atoms with Crippen molar-refractivity contribution < 1.29 is 39.9 Å². The molecule has 1 aromatic carbocycles. The number of hydrogen-bond acceptors (Lipinski definition) is 2. The van der Waals surface area contributed by atoms with Crippen molar-refractivity contribution in [1.82, 2.24) is 20.1 Å². The number of carbonyl (C=O) groups excluding carboxylic acids is 1. The molecule has 13 heteroatoms. The fourth-order valence-corrected chi connectivity index (χ4v) is 4.93. The number of benzene rings is 1. The molecular weight excluding hydrogens is 464 g/mol. The van der Waals surface area contributed by atoms with Gasteiger partial charge in [-0.15, -0.1) is 0 Å². The SMILES string of the molecule is CN1CC(NC(=O)N(CC(F)(F)F)C(F)(F)C(F)(F)F)CC2c3cccc4[nH]cc(c34)CC21. The van der Waals surface area contributed by atoms with Crippen LogP contribution in [0.5, 0.6) is 0 Å². The number of piperidine rings is 1. The van der Waals surface area contributed by atoms with E-state index in [1.807, 2.05) is 34.6 Å². The third-order valence-electron chi connectivity index (χ3n) is 6.32. The first kappa shape index (κ1) is 23.6. The van der Waals surface area contributed by atoms with E-state index in [1.54, 1.807) is 7.05 Å². The van der Waals surface area contributed by atoms with Crippen LogP contribution in [-0.2, 0) is 6.42 Å². The number of halogens is 8. The summed E-state index contributed by atoms with van der Waals surface area (Å²) in [4.78, 5) is 15.8. The molecule has 2 heterocycles. The summed E-state index contributed by atoms with van der Waals surface area (Å²) in [6.07, 6.45) is -9.09. The van der Waals surface area contributed by atoms with E-state index in [-0.39, 0.29) is 24.9 Å². The van der Waals surface area contributed by atoms with E-state index < -0.39 is 41.9 Å². The predicted molar refractivity (Wildman–Crippen MR) is 102 cm³/mol. The number of alkyl halides is 8. The van der Waals surface area contributed by atoms with Gasteiger partial charge in [0.1, 0.15) is 6.54 Å². The zero-order valence-electron chi connectivity index (χ0n) is 17.2. The van der Waals surface area contributed by atoms with Gasteiger partial charge in [-0.25, -0.2) is 9.69 Å². The normalized spacial score (nSPS) is 24.0. The number of amides is 2. The standard InChI is InChI=1S/C20H20F8N4O/c1-31-8-11(30-17(33)32(9-18(21,22)23)20(27,28)19(24,25)26)6-13-12-3-2-4-14-16(12)10(7-29-14)5-15(13)31/h2-4,7,11,13,15,29H,5-6,8-9H2,1H3,(H,30,33). The molecule has 1 aliphatic carbocycles. The Morgan fingerprint density at radius 1 is 1.18 bits per heavy atom. The molecule has 1 fully saturated rings. The summed E-state index contributed by atoms with van der Waals surface area (Å²) in [6.45, 7) is -2.66. The fourth-order valence-electron chi connectivity index (χ4n) is 4.93. The van der Waals surface area contributed by atoms with Gasteiger partial charge in [-0.3, -0.25) is 0 Å². The number of fused-ring (bicyclic) bond motifs is 2. The van der Waals surface area contributed by atoms with Crippen molar-refractivity contribution in [1.29, 1.82) is 0 Å². The number of likely N-dealkylation sites (N-methyl/N-ethyl adjacent to an activating group) is 1. The number of hydrogen-bond donors (Lipinski definition) is 2. The highest BCUT2D eigenvalue weighted by Crippen LogP contribution is 2.43. The highest BCUT2D eigenvalue weighted by molar-refractivity contribution is 5.88. The summed E-state index contributed by atoms with van der Waals surface area (Å²) in [5.74, 6) is -0.194. The molecule has 2 aromatic rings. The molecule has 1 saturated heterocycles. The fraction of sp³-hybridized carbons (Fsp3) is 0.550. The third-order valence-corrected chi connectivity index (χ3v) is 6.32. The molecule has 0 bridgehead atoms. The van der Waals surface area contributed by atoms with Crippen LogP contribution in [0.15, 0.2) is 24.4 Å². The lowest BCUT2D eigenvalue weighted by Gasteiger charge is -2.46. The van der Waals surface area contributed by atoms with Crippen LogP contribution >= 0.6 is 0 Å². The van der Waals surface area contributed by atoms with E-state index in [0.29, 0.717) is 6.42 Å². The number of H-pyrrole nitrogens is 1. The number of aromatic nitrogens is 1. The average Bonchev–Trinajstić information content (AvgIpc) is 3.10. The minimum atomic E-state index is -6.37. The Bertz CT molecular complexity index is 1050. The molecule has 1 aromatic heterocycles. The van der Waals surface area contributed by atoms with Gasteiger partial charge in [0, 0.05) is 41.6 Å². The topological polar surface area (TPSA) is 51.4 Å². The molecular formula is C20H20F8N4O. The smallest absolute Gasteiger partial charge is 0.361 e. The van der Waals surface area contributed by atoms with Crippen LogP contribution in [0.2, 0.25) is 0 Å². The molecule has 0 spiro atoms. The van der Waals surface area contributed by atoms with E-state index in [9.17, 15) is 39.9 Å². The molecule has 3 unspecified atom stereocenters. The molecule has 2 amide bonds. The first-order valence-corrected chi connectivity index (χ1v) is 10.1. The maximum Gasteiger partial charge on any atom is 0.475 e. The molecule has 0 saturated carbocycles. The van der Waals surface area contributed by atoms with Crippen molar-refractivity contribution in [2.45, 2.75) is 49.2 Å². The van der Waals surface area contributed by atoms with Gasteiger partial charge < -0.3 is 15.2 Å². The Balaban J connectivity index is 1.58. The lowest BCUT2D eigenvalue weighted by atomic mass is 9.74. The van der Waals surface area contributed by atoms with Gasteiger partial charge in [-0.05, 0) is 37.1 Å². The van der Waals surface area contributed by atoms with E-state index >= 15 is 0 Å². The molecule has 0 radical (unpaired) electrons. The molecule has 5 nitrogen and oxygen atoms in total. The van der Waals surface area contributed by atoms with Crippen molar-refractivity contribution in [3.05, 3.63) is 35.5 Å². The van der Waals surface area contributed by atoms with Crippen LogP contribution < -0.4 is 5.32 Å². The van der Waals surface area contributed by atoms with Crippen LogP contribution in [0.4, 0.5) is 39.9 Å². The number of carbonyl (C=O) groups is 1. The van der Waals surface area contributed by atoms with E-state index in [4.69, 9.17) is 0 Å². The first-order chi connectivity index (χ1) is 15.2. The third kappa shape index (κ3) is 4.22. The summed E-state index contributed by atoms with van der Waals surface area (Å²) in [5.41, 5.74) is 2.90. The van der Waals surface area contributed by atoms with Gasteiger partial charge in [-0.1, -0.05) is 12.1 Å². The van der Waals surface area contributed by atoms with Crippen LogP contribution in [0.3, 0.4) is 0 Å². The molecule has 2 aliphatic rings. The Kier molecular flexibility index (Phi) is 5.53. The monoisotopic (exact) mass is 484 g/mol. The van der Waals surface area contributed by atoms with Gasteiger partial charge in [0.15, 0.2) is 0 Å². The Morgan fingerprint density at radius 3 is 2.52 bits per heavy atom. The van der Waals surface area contributed by atoms with E-state index in [0.717, 1.165) is 22.0 Å². The second-order valence-electron chi connectivity index (χ2n) is 8.52. The first-order valence-electron chi connectivity index (χ1n) is 10.1. The number of likely N-dealkylation sites (tertiary alicyclic amines) is 1. The summed E-state index contributed by atoms with van der Waals surface area (Å²) < 4.78 is 104. The number of nitrogens with one attached hydrogen (secondary N) is 2. The van der Waals surface area contributed by atoms with Crippen LogP contribution in [0, 0.1) is 0 Å². The van der Waals surface area contributed by atoms with Gasteiger partial charge in [0.05, 0.1) is 0 Å². The maximum absolute atomic E-state index is 13.8. The molecule has 2 N–H and O–H groups in total. The highest BCUT2D eigenvalue weighted by Gasteiger charge is 2.65. The lowest BCUT2D eigenvalue weighted by molar-refractivity contribution is -0.338. The van der Waals surface area contributed by atoms with Crippen molar-refractivity contribution in [3.63, 3.8) is 0 Å². The predicted octanol–water partition coefficient (Wildman–Crippen LogP) is 4.61. The molecule has 4 rings (SSSR count). The summed E-state index contributed by atoms with van der Waals surface area (Å²) in [7, 11) is 1.71. The highest BCUT2D eigenvalue weighted by atomic mass is 19.4. The van der Waals surface area contributed by atoms with Gasteiger partial charge in [0.2, 0.25) is 0 Å². The number of rotatable bonds is 3. The minimum absolute atomic E-state index is 0.0186. The van der Waals surface area contributed by atoms with E-state index in [1.165, 1.54) is 0 Å². The Morgan fingerprint density at radius 2 is 1.88 bits per heavy atom. The maximum atomic E-state index is 13.8. The Hall–Kier alpha value is -2.57. The second-order valence-corrected chi connectivity index (χ2v) is 8.52. The second kappa shape index (κ2) is 7.74. The van der Waals surface area contributed by atoms with E-state index in [2.05, 4.69) is 4.98 Å². The zero-order chi connectivity index (χ0) is 24.3. The van der Waals surface area contributed by atoms with Crippen LogP contribution in [0.25, 0.3) is 10.9 Å². The lowest BCUT2D eigenvalue weighted by Crippen LogP contribution is -2.63. The Labute approximate surface area is 182 Å². The van der Waals surface area contributed by atoms with Gasteiger partial charge >= 0.3 is 24.4 Å². The largest absolute Gasteiger partial charge is 0.475 e. The summed E-state index contributed by atoms with van der Waals surface area (Å²) >= 11 is 0.